The number of benzene rings is 5. The molecular formula is C30H19FN2. The molecule has 0 unspecified atom stereocenters. The summed E-state index contributed by atoms with van der Waals surface area (Å²) in [6, 6.07) is 38.6. The van der Waals surface area contributed by atoms with E-state index in [0.717, 1.165) is 55.0 Å². The van der Waals surface area contributed by atoms with Crippen LogP contribution in [0.5, 0.6) is 0 Å². The second kappa shape index (κ2) is 6.81. The van der Waals surface area contributed by atoms with Crippen molar-refractivity contribution in [1.29, 1.82) is 0 Å². The van der Waals surface area contributed by atoms with Crippen LogP contribution in [-0.4, -0.2) is 9.13 Å². The number of nitrogens with zero attached hydrogens (tertiary/aromatic N) is 2. The van der Waals surface area contributed by atoms with Gasteiger partial charge in [0.25, 0.3) is 0 Å². The van der Waals surface area contributed by atoms with Crippen LogP contribution in [0.4, 0.5) is 4.39 Å². The van der Waals surface area contributed by atoms with Crippen molar-refractivity contribution in [3.05, 3.63) is 121 Å². The summed E-state index contributed by atoms with van der Waals surface area (Å²) in [5.74, 6) is -0.258. The number of halogens is 1. The Labute approximate surface area is 189 Å². The van der Waals surface area contributed by atoms with E-state index < -0.39 is 0 Å². The molecule has 0 radical (unpaired) electrons. The summed E-state index contributed by atoms with van der Waals surface area (Å²) in [6.07, 6.45) is 0. The summed E-state index contributed by atoms with van der Waals surface area (Å²) in [4.78, 5) is 0. The van der Waals surface area contributed by atoms with Gasteiger partial charge in [0, 0.05) is 21.5 Å². The van der Waals surface area contributed by atoms with Gasteiger partial charge >= 0.3 is 0 Å². The quantitative estimate of drug-likeness (QED) is 0.265. The molecule has 0 aliphatic rings. The molecule has 0 aliphatic heterocycles. The molecule has 0 saturated carbocycles. The molecule has 0 saturated heterocycles. The predicted octanol–water partition coefficient (Wildman–Crippen LogP) is 8.02. The third-order valence-corrected chi connectivity index (χ3v) is 6.54. The minimum atomic E-state index is -0.258. The van der Waals surface area contributed by atoms with Crippen molar-refractivity contribution in [2.24, 2.45) is 0 Å². The normalized spacial score (nSPS) is 11.8. The highest BCUT2D eigenvalue weighted by Gasteiger charge is 2.16. The number of hydrogen-bond acceptors (Lipinski definition) is 0. The summed E-state index contributed by atoms with van der Waals surface area (Å²) < 4.78 is 19.5. The fourth-order valence-corrected chi connectivity index (χ4v) is 5.22. The number of fused-ring (bicyclic) bond motifs is 6. The first-order valence-corrected chi connectivity index (χ1v) is 11.1. The molecule has 0 fully saturated rings. The smallest absolute Gasteiger partial charge is 0.127 e. The van der Waals surface area contributed by atoms with E-state index in [0.29, 0.717) is 0 Å². The molecule has 7 rings (SSSR count). The Hall–Kier alpha value is -4.37. The predicted molar refractivity (Wildman–Crippen MR) is 135 cm³/mol. The Kier molecular flexibility index (Phi) is 3.76. The Morgan fingerprint density at radius 3 is 1.03 bits per heavy atom. The fourth-order valence-electron chi connectivity index (χ4n) is 5.22. The lowest BCUT2D eigenvalue weighted by molar-refractivity contribution is 0.626. The highest BCUT2D eigenvalue weighted by Crippen LogP contribution is 2.35. The summed E-state index contributed by atoms with van der Waals surface area (Å²) >= 11 is 0. The van der Waals surface area contributed by atoms with Gasteiger partial charge in [-0.15, -0.1) is 0 Å². The standard InChI is InChI=1S/C30H19FN2/c31-20-17-21(32-27-13-5-1-9-23(27)24-10-2-6-14-28(24)32)19-22(18-20)33-29-15-7-3-11-25(29)26-12-4-8-16-30(26)33/h1-19H. The minimum absolute atomic E-state index is 0.258. The number of hydrogen-bond donors (Lipinski definition) is 0. The molecule has 7 aromatic rings. The van der Waals surface area contributed by atoms with E-state index >= 15 is 4.39 Å². The van der Waals surface area contributed by atoms with Gasteiger partial charge in [0.1, 0.15) is 5.82 Å². The number of para-hydroxylation sites is 4. The summed E-state index contributed by atoms with van der Waals surface area (Å²) in [5, 5.41) is 4.65. The first-order chi connectivity index (χ1) is 16.3. The van der Waals surface area contributed by atoms with E-state index in [1.165, 1.54) is 0 Å². The third-order valence-electron chi connectivity index (χ3n) is 6.54. The maximum Gasteiger partial charge on any atom is 0.127 e. The van der Waals surface area contributed by atoms with Crippen molar-refractivity contribution in [3.63, 3.8) is 0 Å². The lowest BCUT2D eigenvalue weighted by atomic mass is 10.2. The molecule has 0 atom stereocenters. The van der Waals surface area contributed by atoms with Crippen LogP contribution in [0, 0.1) is 5.82 Å². The fraction of sp³-hybridized carbons (Fsp3) is 0. The lowest BCUT2D eigenvalue weighted by Crippen LogP contribution is -2.00. The van der Waals surface area contributed by atoms with E-state index in [-0.39, 0.29) is 5.82 Å². The molecule has 0 amide bonds. The highest BCUT2D eigenvalue weighted by molar-refractivity contribution is 6.10. The second-order valence-corrected chi connectivity index (χ2v) is 8.41. The van der Waals surface area contributed by atoms with Crippen LogP contribution < -0.4 is 0 Å². The molecule has 2 heterocycles. The van der Waals surface area contributed by atoms with Crippen LogP contribution in [0.2, 0.25) is 0 Å². The van der Waals surface area contributed by atoms with Crippen molar-refractivity contribution in [2.75, 3.05) is 0 Å². The first kappa shape index (κ1) is 18.2. The highest BCUT2D eigenvalue weighted by atomic mass is 19.1. The van der Waals surface area contributed by atoms with E-state index in [9.17, 15) is 0 Å². The van der Waals surface area contributed by atoms with E-state index in [1.807, 2.05) is 48.5 Å². The Morgan fingerprint density at radius 1 is 0.394 bits per heavy atom. The van der Waals surface area contributed by atoms with E-state index in [1.54, 1.807) is 12.1 Å². The van der Waals surface area contributed by atoms with Gasteiger partial charge in [0.2, 0.25) is 0 Å². The molecule has 156 valence electrons. The zero-order valence-corrected chi connectivity index (χ0v) is 17.7. The molecule has 3 heteroatoms. The van der Waals surface area contributed by atoms with Crippen molar-refractivity contribution in [3.8, 4) is 11.4 Å². The van der Waals surface area contributed by atoms with Gasteiger partial charge in [-0.3, -0.25) is 0 Å². The summed E-state index contributed by atoms with van der Waals surface area (Å²) in [5.41, 5.74) is 5.89. The molecule has 33 heavy (non-hydrogen) atoms. The van der Waals surface area contributed by atoms with Crippen LogP contribution in [0.25, 0.3) is 55.0 Å². The van der Waals surface area contributed by atoms with Crippen LogP contribution >= 0.6 is 0 Å². The van der Waals surface area contributed by atoms with Gasteiger partial charge in [0.05, 0.1) is 33.4 Å². The average Bonchev–Trinajstić information content (AvgIpc) is 3.37. The van der Waals surface area contributed by atoms with E-state index in [4.69, 9.17) is 0 Å². The Balaban J connectivity index is 1.58. The van der Waals surface area contributed by atoms with Crippen LogP contribution in [0.3, 0.4) is 0 Å². The molecule has 0 aliphatic carbocycles. The minimum Gasteiger partial charge on any atom is -0.309 e. The molecular weight excluding hydrogens is 407 g/mol. The molecule has 0 bridgehead atoms. The van der Waals surface area contributed by atoms with Gasteiger partial charge in [-0.1, -0.05) is 72.8 Å². The average molecular weight is 426 g/mol. The third kappa shape index (κ3) is 2.60. The van der Waals surface area contributed by atoms with E-state index in [2.05, 4.69) is 63.7 Å². The summed E-state index contributed by atoms with van der Waals surface area (Å²) in [6.45, 7) is 0. The second-order valence-electron chi connectivity index (χ2n) is 8.41. The Morgan fingerprint density at radius 2 is 0.697 bits per heavy atom. The molecule has 2 nitrogen and oxygen atoms in total. The molecule has 0 N–H and O–H groups in total. The molecule has 5 aromatic carbocycles. The molecule has 2 aromatic heterocycles. The SMILES string of the molecule is Fc1cc(-n2c3ccccc3c3ccccc32)cc(-n2c3ccccc3c3ccccc32)c1. The van der Waals surface area contributed by atoms with Crippen molar-refractivity contribution in [2.45, 2.75) is 0 Å². The zero-order chi connectivity index (χ0) is 21.9. The van der Waals surface area contributed by atoms with Crippen LogP contribution in [0.1, 0.15) is 0 Å². The first-order valence-electron chi connectivity index (χ1n) is 11.1. The topological polar surface area (TPSA) is 9.86 Å². The van der Waals surface area contributed by atoms with Crippen molar-refractivity contribution >= 4 is 43.6 Å². The summed E-state index contributed by atoms with van der Waals surface area (Å²) in [7, 11) is 0. The maximum absolute atomic E-state index is 15.2. The largest absolute Gasteiger partial charge is 0.309 e. The van der Waals surface area contributed by atoms with Crippen LogP contribution in [-0.2, 0) is 0 Å². The van der Waals surface area contributed by atoms with Gasteiger partial charge in [-0.2, -0.15) is 0 Å². The van der Waals surface area contributed by atoms with Gasteiger partial charge in [0.15, 0.2) is 0 Å². The lowest BCUT2D eigenvalue weighted by Gasteiger charge is -2.13. The van der Waals surface area contributed by atoms with Crippen LogP contribution in [0.15, 0.2) is 115 Å². The number of aromatic nitrogens is 2. The van der Waals surface area contributed by atoms with Gasteiger partial charge in [-0.25, -0.2) is 4.39 Å². The van der Waals surface area contributed by atoms with Gasteiger partial charge < -0.3 is 9.13 Å². The van der Waals surface area contributed by atoms with Gasteiger partial charge in [-0.05, 0) is 42.5 Å². The number of rotatable bonds is 2. The molecule has 0 spiro atoms. The maximum atomic E-state index is 15.2. The Bertz CT molecular complexity index is 1600. The van der Waals surface area contributed by atoms with Crippen molar-refractivity contribution < 1.29 is 4.39 Å². The van der Waals surface area contributed by atoms with Crippen molar-refractivity contribution in [1.82, 2.24) is 9.13 Å². The zero-order valence-electron chi connectivity index (χ0n) is 17.7. The monoisotopic (exact) mass is 426 g/mol.